The molecule has 1 aliphatic rings. The first-order valence-corrected chi connectivity index (χ1v) is 9.81. The van der Waals surface area contributed by atoms with Gasteiger partial charge in [0.2, 0.25) is 0 Å². The number of halogens is 2. The van der Waals surface area contributed by atoms with Gasteiger partial charge < -0.3 is 10.0 Å². The number of pyridine rings is 1. The summed E-state index contributed by atoms with van der Waals surface area (Å²) in [7, 11) is 0. The highest BCUT2D eigenvalue weighted by molar-refractivity contribution is 7.99. The minimum Gasteiger partial charge on any atom is -0.481 e. The summed E-state index contributed by atoms with van der Waals surface area (Å²) in [6.07, 6.45) is 2.30. The lowest BCUT2D eigenvalue weighted by Crippen LogP contribution is -2.23. The summed E-state index contributed by atoms with van der Waals surface area (Å²) in [6, 6.07) is 6.24. The molecule has 1 fully saturated rings. The van der Waals surface area contributed by atoms with E-state index in [1.165, 1.54) is 12.1 Å². The Labute approximate surface area is 161 Å². The van der Waals surface area contributed by atoms with E-state index in [-0.39, 0.29) is 18.0 Å². The minimum atomic E-state index is -0.884. The second-order valence-corrected chi connectivity index (χ2v) is 8.58. The van der Waals surface area contributed by atoms with Crippen LogP contribution in [-0.2, 0) is 4.79 Å². The molecule has 1 N–H and O–H groups in total. The van der Waals surface area contributed by atoms with Crippen molar-refractivity contribution in [3.63, 3.8) is 0 Å². The monoisotopic (exact) mass is 392 g/mol. The van der Waals surface area contributed by atoms with Gasteiger partial charge in [-0.15, -0.1) is 11.8 Å². The highest BCUT2D eigenvalue weighted by Crippen LogP contribution is 2.36. The van der Waals surface area contributed by atoms with Gasteiger partial charge in [-0.05, 0) is 36.1 Å². The van der Waals surface area contributed by atoms with Crippen LogP contribution in [0.4, 0.5) is 14.5 Å². The van der Waals surface area contributed by atoms with E-state index in [4.69, 9.17) is 5.11 Å². The predicted molar refractivity (Wildman–Crippen MR) is 103 cm³/mol. The second-order valence-electron chi connectivity index (χ2n) is 7.01. The van der Waals surface area contributed by atoms with Crippen molar-refractivity contribution in [2.45, 2.75) is 37.0 Å². The average molecular weight is 392 g/mol. The molecule has 0 radical (unpaired) electrons. The molecule has 1 aromatic carbocycles. The molecule has 3 rings (SSSR count). The average Bonchev–Trinajstić information content (AvgIpc) is 3.01. The summed E-state index contributed by atoms with van der Waals surface area (Å²) in [5, 5.41) is 9.95. The van der Waals surface area contributed by atoms with E-state index in [9.17, 15) is 13.6 Å². The first-order valence-electron chi connectivity index (χ1n) is 8.93. The molecule has 0 spiro atoms. The highest BCUT2D eigenvalue weighted by Gasteiger charge is 2.28. The molecule has 2 aromatic rings. The molecule has 0 unspecified atom stereocenters. The number of carbonyl (C=O) groups is 1. The number of aliphatic carboxylic acids is 1. The molecule has 1 saturated heterocycles. The number of hydrogen-bond acceptors (Lipinski definition) is 4. The number of aromatic nitrogens is 1. The smallest absolute Gasteiger partial charge is 0.303 e. The van der Waals surface area contributed by atoms with Crippen molar-refractivity contribution in [2.75, 3.05) is 18.0 Å². The summed E-state index contributed by atoms with van der Waals surface area (Å²) in [4.78, 5) is 16.8. The van der Waals surface area contributed by atoms with Crippen LogP contribution >= 0.6 is 11.8 Å². The van der Waals surface area contributed by atoms with Gasteiger partial charge >= 0.3 is 5.97 Å². The fraction of sp³-hybridized carbons (Fsp3) is 0.400. The number of carboxylic acid groups (broad SMARTS) is 1. The van der Waals surface area contributed by atoms with Gasteiger partial charge in [-0.3, -0.25) is 4.79 Å². The van der Waals surface area contributed by atoms with Gasteiger partial charge in [-0.2, -0.15) is 0 Å². The van der Waals surface area contributed by atoms with Gasteiger partial charge in [-0.25, -0.2) is 13.8 Å². The SMILES string of the molecule is CC(C)Sc1ncccc1-c1cc(F)c(N2CC[C@H](CC(=O)O)C2)c(F)c1. The fourth-order valence-electron chi connectivity index (χ4n) is 3.40. The van der Waals surface area contributed by atoms with E-state index in [0.717, 1.165) is 5.03 Å². The fourth-order valence-corrected chi connectivity index (χ4v) is 4.28. The van der Waals surface area contributed by atoms with Gasteiger partial charge in [0.25, 0.3) is 0 Å². The number of hydrogen-bond donors (Lipinski definition) is 1. The van der Waals surface area contributed by atoms with Gasteiger partial charge in [0.15, 0.2) is 0 Å². The van der Waals surface area contributed by atoms with E-state index in [1.807, 2.05) is 19.9 Å². The molecule has 7 heteroatoms. The van der Waals surface area contributed by atoms with Crippen LogP contribution in [0.1, 0.15) is 26.7 Å². The maximum absolute atomic E-state index is 14.8. The van der Waals surface area contributed by atoms with Gasteiger partial charge in [0, 0.05) is 36.5 Å². The molecular weight excluding hydrogens is 370 g/mol. The number of rotatable bonds is 6. The third kappa shape index (κ3) is 4.58. The van der Waals surface area contributed by atoms with E-state index in [1.54, 1.807) is 28.9 Å². The number of carboxylic acids is 1. The Balaban J connectivity index is 1.90. The lowest BCUT2D eigenvalue weighted by molar-refractivity contribution is -0.137. The maximum Gasteiger partial charge on any atom is 0.303 e. The zero-order chi connectivity index (χ0) is 19.6. The Morgan fingerprint density at radius 1 is 1.37 bits per heavy atom. The Morgan fingerprint density at radius 2 is 2.07 bits per heavy atom. The van der Waals surface area contributed by atoms with E-state index < -0.39 is 17.6 Å². The maximum atomic E-state index is 14.8. The Kier molecular flexibility index (Phi) is 5.99. The molecule has 144 valence electrons. The standard InChI is InChI=1S/C20H22F2N2O2S/c1-12(2)27-20-15(4-3-6-23-20)14-9-16(21)19(17(22)10-14)24-7-5-13(11-24)8-18(25)26/h3-4,6,9-10,12-13H,5,7-8,11H2,1-2H3,(H,25,26)/t13-/m1/s1. The first-order chi connectivity index (χ1) is 12.8. The minimum absolute atomic E-state index is 0.0172. The molecular formula is C20H22F2N2O2S. The number of thioether (sulfide) groups is 1. The zero-order valence-electron chi connectivity index (χ0n) is 15.3. The van der Waals surface area contributed by atoms with Crippen LogP contribution in [0, 0.1) is 17.6 Å². The molecule has 1 atom stereocenters. The van der Waals surface area contributed by atoms with Gasteiger partial charge in [0.05, 0.1) is 0 Å². The van der Waals surface area contributed by atoms with Crippen molar-refractivity contribution < 1.29 is 18.7 Å². The molecule has 0 aliphatic carbocycles. The zero-order valence-corrected chi connectivity index (χ0v) is 16.1. The molecule has 2 heterocycles. The molecule has 1 aliphatic heterocycles. The molecule has 0 saturated carbocycles. The molecule has 4 nitrogen and oxygen atoms in total. The quantitative estimate of drug-likeness (QED) is 0.714. The number of nitrogens with zero attached hydrogens (tertiary/aromatic N) is 2. The van der Waals surface area contributed by atoms with Crippen LogP contribution in [0.2, 0.25) is 0 Å². The van der Waals surface area contributed by atoms with Crippen LogP contribution < -0.4 is 4.90 Å². The Morgan fingerprint density at radius 3 is 2.70 bits per heavy atom. The van der Waals surface area contributed by atoms with Crippen LogP contribution in [0.5, 0.6) is 0 Å². The number of benzene rings is 1. The third-order valence-corrected chi connectivity index (χ3v) is 5.53. The van der Waals surface area contributed by atoms with Gasteiger partial charge in [0.1, 0.15) is 22.3 Å². The number of anilines is 1. The summed E-state index contributed by atoms with van der Waals surface area (Å²) < 4.78 is 29.6. The van der Waals surface area contributed by atoms with Crippen molar-refractivity contribution in [3.8, 4) is 11.1 Å². The van der Waals surface area contributed by atoms with Crippen LogP contribution in [0.15, 0.2) is 35.5 Å². The Hall–Kier alpha value is -2.15. The second kappa shape index (κ2) is 8.25. The van der Waals surface area contributed by atoms with Crippen molar-refractivity contribution in [1.82, 2.24) is 4.98 Å². The largest absolute Gasteiger partial charge is 0.481 e. The predicted octanol–water partition coefficient (Wildman–Crippen LogP) is 4.83. The van der Waals surface area contributed by atoms with Crippen molar-refractivity contribution >= 4 is 23.4 Å². The molecule has 1 aromatic heterocycles. The van der Waals surface area contributed by atoms with Crippen molar-refractivity contribution in [3.05, 3.63) is 42.1 Å². The van der Waals surface area contributed by atoms with E-state index in [0.29, 0.717) is 35.9 Å². The third-order valence-electron chi connectivity index (χ3n) is 4.51. The molecule has 0 amide bonds. The summed E-state index contributed by atoms with van der Waals surface area (Å²) in [5.74, 6) is -2.24. The van der Waals surface area contributed by atoms with Crippen molar-refractivity contribution in [1.29, 1.82) is 0 Å². The first kappa shape index (κ1) is 19.6. The molecule has 0 bridgehead atoms. The van der Waals surface area contributed by atoms with Crippen LogP contribution in [-0.4, -0.2) is 34.4 Å². The van der Waals surface area contributed by atoms with Gasteiger partial charge in [-0.1, -0.05) is 19.9 Å². The molecule has 27 heavy (non-hydrogen) atoms. The van der Waals surface area contributed by atoms with Crippen molar-refractivity contribution in [2.24, 2.45) is 5.92 Å². The Bertz CT molecular complexity index is 821. The van der Waals surface area contributed by atoms with E-state index >= 15 is 0 Å². The summed E-state index contributed by atoms with van der Waals surface area (Å²) in [6.45, 7) is 4.87. The normalized spacial score (nSPS) is 16.9. The lowest BCUT2D eigenvalue weighted by atomic mass is 10.1. The summed E-state index contributed by atoms with van der Waals surface area (Å²) in [5.41, 5.74) is 1.07. The van der Waals surface area contributed by atoms with E-state index in [2.05, 4.69) is 4.98 Å². The highest BCUT2D eigenvalue weighted by atomic mass is 32.2. The van der Waals surface area contributed by atoms with Crippen LogP contribution in [0.3, 0.4) is 0 Å². The summed E-state index contributed by atoms with van der Waals surface area (Å²) >= 11 is 1.55. The lowest BCUT2D eigenvalue weighted by Gasteiger charge is -2.21. The van der Waals surface area contributed by atoms with Crippen LogP contribution in [0.25, 0.3) is 11.1 Å². The topological polar surface area (TPSA) is 53.4 Å².